The minimum atomic E-state index is 0.527. The zero-order valence-electron chi connectivity index (χ0n) is 11.1. The Morgan fingerprint density at radius 1 is 1.35 bits per heavy atom. The van der Waals surface area contributed by atoms with E-state index in [9.17, 15) is 0 Å². The molecule has 0 aliphatic heterocycles. The summed E-state index contributed by atoms with van der Waals surface area (Å²) >= 11 is 13.4. The Morgan fingerprint density at radius 3 is 2.85 bits per heavy atom. The van der Waals surface area contributed by atoms with Gasteiger partial charge in [-0.2, -0.15) is 0 Å². The van der Waals surface area contributed by atoms with E-state index in [1.807, 2.05) is 14.1 Å². The van der Waals surface area contributed by atoms with Crippen molar-refractivity contribution in [2.75, 3.05) is 20.6 Å². The number of nitrogens with zero attached hydrogens (tertiary/aromatic N) is 6. The van der Waals surface area contributed by atoms with Crippen molar-refractivity contribution in [3.05, 3.63) is 28.0 Å². The maximum atomic E-state index is 6.09. The fraction of sp³-hybridized carbons (Fsp3) is 0.455. The molecule has 0 fully saturated rings. The van der Waals surface area contributed by atoms with Gasteiger partial charge in [0.25, 0.3) is 0 Å². The monoisotopic (exact) mass is 332 g/mol. The van der Waals surface area contributed by atoms with Crippen LogP contribution in [-0.2, 0) is 12.3 Å². The smallest absolute Gasteiger partial charge is 0.209 e. The zero-order chi connectivity index (χ0) is 14.5. The minimum absolute atomic E-state index is 0.527. The van der Waals surface area contributed by atoms with Gasteiger partial charge in [0.15, 0.2) is 0 Å². The third kappa shape index (κ3) is 4.31. The summed E-state index contributed by atoms with van der Waals surface area (Å²) in [6.07, 6.45) is 1.58. The molecule has 0 aliphatic carbocycles. The van der Waals surface area contributed by atoms with E-state index in [-0.39, 0.29) is 0 Å². The molecule has 2 aromatic rings. The predicted molar refractivity (Wildman–Crippen MR) is 80.2 cm³/mol. The number of hydrogen-bond donors (Lipinski definition) is 0. The molecule has 0 aliphatic rings. The fourth-order valence-corrected chi connectivity index (χ4v) is 2.81. The third-order valence-corrected chi connectivity index (χ3v) is 3.98. The largest absolute Gasteiger partial charge is 0.308 e. The van der Waals surface area contributed by atoms with Gasteiger partial charge < -0.3 is 4.90 Å². The molecule has 20 heavy (non-hydrogen) atoms. The number of aromatic nitrogens is 5. The number of rotatable bonds is 6. The van der Waals surface area contributed by atoms with Crippen molar-refractivity contribution < 1.29 is 0 Å². The molecule has 0 aromatic carbocycles. The molecule has 0 radical (unpaired) electrons. The topological polar surface area (TPSA) is 59.7 Å². The van der Waals surface area contributed by atoms with Crippen molar-refractivity contribution in [2.45, 2.75) is 17.5 Å². The molecule has 0 saturated carbocycles. The summed E-state index contributed by atoms with van der Waals surface area (Å²) in [6, 6.07) is 1.68. The summed E-state index contributed by atoms with van der Waals surface area (Å²) in [5.74, 6) is 0.596. The third-order valence-electron chi connectivity index (χ3n) is 2.48. The quantitative estimate of drug-likeness (QED) is 0.756. The van der Waals surface area contributed by atoms with Crippen molar-refractivity contribution >= 4 is 35.0 Å². The van der Waals surface area contributed by atoms with E-state index in [1.165, 1.54) is 11.8 Å². The van der Waals surface area contributed by atoms with Gasteiger partial charge in [-0.3, -0.25) is 4.98 Å². The first-order valence-corrected chi connectivity index (χ1v) is 7.64. The molecule has 0 N–H and O–H groups in total. The lowest BCUT2D eigenvalue weighted by atomic mass is 10.4. The summed E-state index contributed by atoms with van der Waals surface area (Å²) in [6.45, 7) is 1.61. The molecule has 0 unspecified atom stereocenters. The van der Waals surface area contributed by atoms with E-state index in [0.29, 0.717) is 15.8 Å². The molecule has 0 amide bonds. The first-order valence-electron chi connectivity index (χ1n) is 5.90. The van der Waals surface area contributed by atoms with Crippen LogP contribution in [0.1, 0.15) is 5.69 Å². The van der Waals surface area contributed by atoms with Gasteiger partial charge in [-0.05, 0) is 30.6 Å². The van der Waals surface area contributed by atoms with Crippen LogP contribution in [0, 0.1) is 0 Å². The molecule has 0 saturated heterocycles. The van der Waals surface area contributed by atoms with E-state index in [4.69, 9.17) is 23.2 Å². The van der Waals surface area contributed by atoms with E-state index in [2.05, 4.69) is 25.4 Å². The second kappa shape index (κ2) is 7.21. The summed E-state index contributed by atoms with van der Waals surface area (Å²) < 4.78 is 1.77. The SMILES string of the molecule is CN(C)CCn1nnnc1SCc1ncc(Cl)cc1Cl. The van der Waals surface area contributed by atoms with Gasteiger partial charge in [0.2, 0.25) is 5.16 Å². The average molecular weight is 333 g/mol. The molecule has 2 rings (SSSR count). The van der Waals surface area contributed by atoms with E-state index in [0.717, 1.165) is 23.9 Å². The highest BCUT2D eigenvalue weighted by molar-refractivity contribution is 7.98. The summed E-state index contributed by atoms with van der Waals surface area (Å²) in [5.41, 5.74) is 0.767. The number of halogens is 2. The standard InChI is InChI=1S/C11H14Cl2N6S/c1-18(2)3-4-19-11(15-16-17-19)20-7-10-9(13)5-8(12)6-14-10/h5-6H,3-4,7H2,1-2H3. The highest BCUT2D eigenvalue weighted by Crippen LogP contribution is 2.25. The van der Waals surface area contributed by atoms with Crippen LogP contribution >= 0.6 is 35.0 Å². The molecule has 0 bridgehead atoms. The normalized spacial score (nSPS) is 11.2. The van der Waals surface area contributed by atoms with Crippen LogP contribution in [0.15, 0.2) is 17.4 Å². The highest BCUT2D eigenvalue weighted by Gasteiger charge is 2.10. The maximum Gasteiger partial charge on any atom is 0.209 e. The van der Waals surface area contributed by atoms with Gasteiger partial charge in [-0.15, -0.1) is 5.10 Å². The lowest BCUT2D eigenvalue weighted by Gasteiger charge is -2.09. The van der Waals surface area contributed by atoms with Crippen molar-refractivity contribution in [3.63, 3.8) is 0 Å². The Labute approximate surface area is 131 Å². The van der Waals surface area contributed by atoms with E-state index in [1.54, 1.807) is 16.9 Å². The molecule has 0 atom stereocenters. The molecular weight excluding hydrogens is 319 g/mol. The van der Waals surface area contributed by atoms with Gasteiger partial charge >= 0.3 is 0 Å². The van der Waals surface area contributed by atoms with Crippen molar-refractivity contribution in [1.29, 1.82) is 0 Å². The average Bonchev–Trinajstić information content (AvgIpc) is 2.83. The van der Waals surface area contributed by atoms with Crippen molar-refractivity contribution in [3.8, 4) is 0 Å². The second-order valence-corrected chi connectivity index (χ2v) is 6.14. The van der Waals surface area contributed by atoms with Gasteiger partial charge in [0.1, 0.15) is 0 Å². The van der Waals surface area contributed by atoms with Crippen LogP contribution < -0.4 is 0 Å². The summed E-state index contributed by atoms with van der Waals surface area (Å²) in [7, 11) is 4.02. The fourth-order valence-electron chi connectivity index (χ4n) is 1.42. The van der Waals surface area contributed by atoms with Gasteiger partial charge in [-0.1, -0.05) is 35.0 Å². The molecule has 2 heterocycles. The number of tetrazole rings is 1. The maximum absolute atomic E-state index is 6.09. The van der Waals surface area contributed by atoms with Crippen LogP contribution in [0.4, 0.5) is 0 Å². The van der Waals surface area contributed by atoms with Crippen LogP contribution in [-0.4, -0.2) is 50.7 Å². The van der Waals surface area contributed by atoms with Gasteiger partial charge in [0, 0.05) is 18.5 Å². The number of likely N-dealkylation sites (N-methyl/N-ethyl adjacent to an activating group) is 1. The second-order valence-electron chi connectivity index (χ2n) is 4.36. The van der Waals surface area contributed by atoms with E-state index >= 15 is 0 Å². The molecule has 2 aromatic heterocycles. The predicted octanol–water partition coefficient (Wildman–Crippen LogP) is 2.23. The van der Waals surface area contributed by atoms with Crippen LogP contribution in [0.5, 0.6) is 0 Å². The Kier molecular flexibility index (Phi) is 5.59. The molecular formula is C11H14Cl2N6S. The first-order chi connectivity index (χ1) is 9.56. The number of hydrogen-bond acceptors (Lipinski definition) is 6. The van der Waals surface area contributed by atoms with Crippen LogP contribution in [0.3, 0.4) is 0 Å². The lowest BCUT2D eigenvalue weighted by molar-refractivity contribution is 0.361. The summed E-state index contributed by atoms with van der Waals surface area (Å²) in [5, 5.41) is 13.5. The molecule has 0 spiro atoms. The lowest BCUT2D eigenvalue weighted by Crippen LogP contribution is -2.19. The minimum Gasteiger partial charge on any atom is -0.308 e. The molecule has 9 heteroatoms. The van der Waals surface area contributed by atoms with E-state index < -0.39 is 0 Å². The molecule has 6 nitrogen and oxygen atoms in total. The Hall–Kier alpha value is -0.890. The van der Waals surface area contributed by atoms with Gasteiger partial charge in [-0.25, -0.2) is 4.68 Å². The van der Waals surface area contributed by atoms with Gasteiger partial charge in [0.05, 0.1) is 22.3 Å². The number of thioether (sulfide) groups is 1. The van der Waals surface area contributed by atoms with Crippen molar-refractivity contribution in [1.82, 2.24) is 30.1 Å². The van der Waals surface area contributed by atoms with Crippen LogP contribution in [0.2, 0.25) is 10.0 Å². The van der Waals surface area contributed by atoms with Crippen LogP contribution in [0.25, 0.3) is 0 Å². The number of pyridine rings is 1. The molecule has 108 valence electrons. The van der Waals surface area contributed by atoms with Crippen molar-refractivity contribution in [2.24, 2.45) is 0 Å². The Balaban J connectivity index is 1.98. The highest BCUT2D eigenvalue weighted by atomic mass is 35.5. The first kappa shape index (κ1) is 15.5. The summed E-state index contributed by atoms with van der Waals surface area (Å²) in [4.78, 5) is 6.29. The Bertz CT molecular complexity index is 574. The Morgan fingerprint density at radius 2 is 2.15 bits per heavy atom. The zero-order valence-corrected chi connectivity index (χ0v) is 13.5.